The maximum absolute atomic E-state index is 13.2. The van der Waals surface area contributed by atoms with Gasteiger partial charge >= 0.3 is 0 Å². The molecule has 0 aliphatic heterocycles. The first kappa shape index (κ1) is 14.8. The molecule has 0 radical (unpaired) electrons. The van der Waals surface area contributed by atoms with Crippen LogP contribution < -0.4 is 5.32 Å². The SMILES string of the molecule is O=C(NCC(O)c1ccc(Cl)c(F)c1)c1ccc(Cl)o1. The standard InChI is InChI=1S/C13H10Cl2FNO3/c14-8-2-1-7(5-9(8)16)10(18)6-17-13(19)11-3-4-12(15)20-11/h1-5,10,18H,6H2,(H,17,19). The normalized spacial score (nSPS) is 12.2. The van der Waals surface area contributed by atoms with Crippen molar-refractivity contribution >= 4 is 29.1 Å². The molecule has 0 aliphatic carbocycles. The van der Waals surface area contributed by atoms with Crippen molar-refractivity contribution < 1.29 is 18.7 Å². The zero-order chi connectivity index (χ0) is 14.7. The van der Waals surface area contributed by atoms with Crippen LogP contribution in [0.2, 0.25) is 10.2 Å². The van der Waals surface area contributed by atoms with Gasteiger partial charge < -0.3 is 14.8 Å². The lowest BCUT2D eigenvalue weighted by molar-refractivity contribution is 0.0889. The van der Waals surface area contributed by atoms with Gasteiger partial charge in [-0.1, -0.05) is 17.7 Å². The summed E-state index contributed by atoms with van der Waals surface area (Å²) in [6.07, 6.45) is -1.06. The second kappa shape index (κ2) is 6.26. The van der Waals surface area contributed by atoms with Crippen LogP contribution in [0, 0.1) is 5.82 Å². The van der Waals surface area contributed by atoms with E-state index in [4.69, 9.17) is 27.6 Å². The Labute approximate surface area is 124 Å². The van der Waals surface area contributed by atoms with Crippen LogP contribution in [0.15, 0.2) is 34.7 Å². The van der Waals surface area contributed by atoms with E-state index in [2.05, 4.69) is 5.32 Å². The number of carbonyl (C=O) groups excluding carboxylic acids is 1. The summed E-state index contributed by atoms with van der Waals surface area (Å²) in [6, 6.07) is 6.77. The number of aliphatic hydroxyl groups excluding tert-OH is 1. The second-order valence-electron chi connectivity index (χ2n) is 4.00. The number of carbonyl (C=O) groups is 1. The molecule has 2 rings (SSSR count). The molecule has 1 aromatic heterocycles. The fraction of sp³-hybridized carbons (Fsp3) is 0.154. The van der Waals surface area contributed by atoms with Crippen LogP contribution in [0.25, 0.3) is 0 Å². The Kier molecular flexibility index (Phi) is 4.65. The van der Waals surface area contributed by atoms with E-state index in [0.29, 0.717) is 5.56 Å². The minimum Gasteiger partial charge on any atom is -0.440 e. The van der Waals surface area contributed by atoms with Gasteiger partial charge in [0.1, 0.15) is 5.82 Å². The fourth-order valence-electron chi connectivity index (χ4n) is 1.55. The summed E-state index contributed by atoms with van der Waals surface area (Å²) in [5.41, 5.74) is 0.310. The van der Waals surface area contributed by atoms with Gasteiger partial charge in [-0.2, -0.15) is 0 Å². The van der Waals surface area contributed by atoms with E-state index in [1.165, 1.54) is 24.3 Å². The molecule has 1 heterocycles. The van der Waals surface area contributed by atoms with Gasteiger partial charge in [-0.3, -0.25) is 4.79 Å². The topological polar surface area (TPSA) is 62.5 Å². The van der Waals surface area contributed by atoms with Crippen molar-refractivity contribution in [1.29, 1.82) is 0 Å². The third-order valence-corrected chi connectivity index (χ3v) is 3.09. The number of nitrogens with one attached hydrogen (secondary N) is 1. The summed E-state index contributed by atoms with van der Waals surface area (Å²) in [6.45, 7) is -0.0990. The molecule has 106 valence electrons. The van der Waals surface area contributed by atoms with E-state index in [0.717, 1.165) is 6.07 Å². The molecule has 7 heteroatoms. The van der Waals surface area contributed by atoms with Crippen LogP contribution in [-0.2, 0) is 0 Å². The lowest BCUT2D eigenvalue weighted by Gasteiger charge is -2.12. The van der Waals surface area contributed by atoms with Gasteiger partial charge in [0.25, 0.3) is 5.91 Å². The van der Waals surface area contributed by atoms with Crippen molar-refractivity contribution in [2.75, 3.05) is 6.54 Å². The summed E-state index contributed by atoms with van der Waals surface area (Å²) in [5.74, 6) is -1.12. The van der Waals surface area contributed by atoms with E-state index in [9.17, 15) is 14.3 Å². The molecule has 0 fully saturated rings. The highest BCUT2D eigenvalue weighted by Gasteiger charge is 2.14. The molecule has 2 N–H and O–H groups in total. The molecule has 20 heavy (non-hydrogen) atoms. The maximum atomic E-state index is 13.2. The van der Waals surface area contributed by atoms with Gasteiger partial charge in [0, 0.05) is 6.54 Å². The molecule has 1 amide bonds. The Morgan fingerprint density at radius 2 is 2.10 bits per heavy atom. The molecule has 0 bridgehead atoms. The Balaban J connectivity index is 1.96. The second-order valence-corrected chi connectivity index (χ2v) is 4.78. The molecule has 0 aliphatic rings. The van der Waals surface area contributed by atoms with Gasteiger partial charge in [0.2, 0.25) is 0 Å². The van der Waals surface area contributed by atoms with E-state index in [-0.39, 0.29) is 22.5 Å². The van der Waals surface area contributed by atoms with Crippen molar-refractivity contribution in [3.8, 4) is 0 Å². The highest BCUT2D eigenvalue weighted by atomic mass is 35.5. The summed E-state index contributed by atoms with van der Waals surface area (Å²) < 4.78 is 18.2. The number of furan rings is 1. The summed E-state index contributed by atoms with van der Waals surface area (Å²) >= 11 is 11.1. The number of hydrogen-bond donors (Lipinski definition) is 2. The highest BCUT2D eigenvalue weighted by molar-refractivity contribution is 6.30. The lowest BCUT2D eigenvalue weighted by atomic mass is 10.1. The molecule has 0 saturated carbocycles. The average Bonchev–Trinajstić information content (AvgIpc) is 2.85. The van der Waals surface area contributed by atoms with E-state index >= 15 is 0 Å². The van der Waals surface area contributed by atoms with Crippen molar-refractivity contribution in [3.63, 3.8) is 0 Å². The summed E-state index contributed by atoms with van der Waals surface area (Å²) in [4.78, 5) is 11.6. The van der Waals surface area contributed by atoms with Gasteiger partial charge in [-0.25, -0.2) is 4.39 Å². The molecule has 1 atom stereocenters. The minimum atomic E-state index is -1.06. The van der Waals surface area contributed by atoms with E-state index < -0.39 is 17.8 Å². The molecule has 4 nitrogen and oxygen atoms in total. The monoisotopic (exact) mass is 317 g/mol. The number of hydrogen-bond acceptors (Lipinski definition) is 3. The molecule has 1 aromatic carbocycles. The number of amides is 1. The van der Waals surface area contributed by atoms with Gasteiger partial charge in [-0.05, 0) is 41.4 Å². The molecular weight excluding hydrogens is 308 g/mol. The third-order valence-electron chi connectivity index (χ3n) is 2.58. The van der Waals surface area contributed by atoms with Crippen LogP contribution in [0.1, 0.15) is 22.2 Å². The first-order chi connectivity index (χ1) is 9.47. The lowest BCUT2D eigenvalue weighted by Crippen LogP contribution is -2.28. The quantitative estimate of drug-likeness (QED) is 0.910. The molecule has 0 saturated heterocycles. The van der Waals surface area contributed by atoms with Gasteiger partial charge in [0.15, 0.2) is 11.0 Å². The molecule has 1 unspecified atom stereocenters. The van der Waals surface area contributed by atoms with Gasteiger partial charge in [0.05, 0.1) is 11.1 Å². The van der Waals surface area contributed by atoms with Crippen molar-refractivity contribution in [2.24, 2.45) is 0 Å². The summed E-state index contributed by atoms with van der Waals surface area (Å²) in [5, 5.41) is 12.4. The predicted octanol–water partition coefficient (Wildman–Crippen LogP) is 3.19. The molecule has 0 spiro atoms. The number of benzene rings is 1. The molecular formula is C13H10Cl2FNO3. The maximum Gasteiger partial charge on any atom is 0.287 e. The predicted molar refractivity (Wildman–Crippen MR) is 72.4 cm³/mol. The van der Waals surface area contributed by atoms with Crippen molar-refractivity contribution in [2.45, 2.75) is 6.10 Å². The number of aliphatic hydroxyl groups is 1. The van der Waals surface area contributed by atoms with Crippen LogP contribution in [-0.4, -0.2) is 17.6 Å². The number of rotatable bonds is 4. The van der Waals surface area contributed by atoms with E-state index in [1.807, 2.05) is 0 Å². The number of halogens is 3. The largest absolute Gasteiger partial charge is 0.440 e. The summed E-state index contributed by atoms with van der Waals surface area (Å²) in [7, 11) is 0. The Morgan fingerprint density at radius 3 is 2.70 bits per heavy atom. The van der Waals surface area contributed by atoms with Crippen LogP contribution in [0.4, 0.5) is 4.39 Å². The first-order valence-corrected chi connectivity index (χ1v) is 6.39. The smallest absolute Gasteiger partial charge is 0.287 e. The molecule has 2 aromatic rings. The zero-order valence-corrected chi connectivity index (χ0v) is 11.6. The third kappa shape index (κ3) is 3.50. The Bertz CT molecular complexity index is 630. The highest BCUT2D eigenvalue weighted by Crippen LogP contribution is 2.20. The van der Waals surface area contributed by atoms with E-state index in [1.54, 1.807) is 0 Å². The van der Waals surface area contributed by atoms with Crippen molar-refractivity contribution in [3.05, 3.63) is 57.7 Å². The van der Waals surface area contributed by atoms with Gasteiger partial charge in [-0.15, -0.1) is 0 Å². The Hall–Kier alpha value is -1.56. The first-order valence-electron chi connectivity index (χ1n) is 5.64. The minimum absolute atomic E-state index is 0.0319. The van der Waals surface area contributed by atoms with Crippen LogP contribution >= 0.6 is 23.2 Å². The van der Waals surface area contributed by atoms with Crippen molar-refractivity contribution in [1.82, 2.24) is 5.32 Å². The fourth-order valence-corrected chi connectivity index (χ4v) is 1.81. The van der Waals surface area contributed by atoms with Crippen LogP contribution in [0.5, 0.6) is 0 Å². The van der Waals surface area contributed by atoms with Crippen LogP contribution in [0.3, 0.4) is 0 Å². The zero-order valence-electron chi connectivity index (χ0n) is 10.1. The average molecular weight is 318 g/mol. The Morgan fingerprint density at radius 1 is 1.35 bits per heavy atom.